The Morgan fingerprint density at radius 3 is 2.57 bits per heavy atom. The van der Waals surface area contributed by atoms with Gasteiger partial charge in [0.2, 0.25) is 5.91 Å². The summed E-state index contributed by atoms with van der Waals surface area (Å²) in [6.07, 6.45) is 6.78. The first kappa shape index (κ1) is 20.0. The molecule has 1 N–H and O–H groups in total. The summed E-state index contributed by atoms with van der Waals surface area (Å²) in [6, 6.07) is 7.49. The Labute approximate surface area is 165 Å². The van der Waals surface area contributed by atoms with E-state index in [-0.39, 0.29) is 17.9 Å². The summed E-state index contributed by atoms with van der Waals surface area (Å²) in [4.78, 5) is 30.1. The molecule has 1 aliphatic carbocycles. The Morgan fingerprint density at radius 1 is 1.18 bits per heavy atom. The normalized spacial score (nSPS) is 14.6. The number of nitrogens with zero attached hydrogens (tertiary/aromatic N) is 3. The lowest BCUT2D eigenvalue weighted by molar-refractivity contribution is -0.129. The Morgan fingerprint density at radius 2 is 1.89 bits per heavy atom. The van der Waals surface area contributed by atoms with Gasteiger partial charge >= 0.3 is 0 Å². The highest BCUT2D eigenvalue weighted by Gasteiger charge is 2.17. The first-order valence-electron chi connectivity index (χ1n) is 10.0. The second kappa shape index (κ2) is 9.48. The topological polar surface area (TPSA) is 88.3 Å². The van der Waals surface area contributed by atoms with Crippen LogP contribution in [-0.2, 0) is 11.2 Å². The van der Waals surface area contributed by atoms with E-state index in [2.05, 4.69) is 15.5 Å². The van der Waals surface area contributed by atoms with Gasteiger partial charge in [-0.3, -0.25) is 9.59 Å². The van der Waals surface area contributed by atoms with E-state index >= 15 is 0 Å². The zero-order valence-electron chi connectivity index (χ0n) is 16.6. The van der Waals surface area contributed by atoms with Crippen molar-refractivity contribution in [2.75, 3.05) is 13.6 Å². The van der Waals surface area contributed by atoms with Crippen molar-refractivity contribution in [2.45, 2.75) is 57.9 Å². The molecule has 2 amide bonds. The number of benzene rings is 1. The highest BCUT2D eigenvalue weighted by molar-refractivity contribution is 5.94. The Hall–Kier alpha value is -2.70. The van der Waals surface area contributed by atoms with Crippen LogP contribution in [0.4, 0.5) is 0 Å². The number of hydrogen-bond donors (Lipinski definition) is 1. The van der Waals surface area contributed by atoms with Crippen LogP contribution in [0.2, 0.25) is 0 Å². The molecule has 2 aromatic rings. The van der Waals surface area contributed by atoms with E-state index in [0.29, 0.717) is 36.7 Å². The maximum Gasteiger partial charge on any atom is 0.257 e. The molecule has 1 aromatic heterocycles. The van der Waals surface area contributed by atoms with Crippen LogP contribution in [0.1, 0.15) is 61.6 Å². The third-order valence-corrected chi connectivity index (χ3v) is 5.20. The number of aromatic nitrogens is 2. The first-order chi connectivity index (χ1) is 13.6. The van der Waals surface area contributed by atoms with Crippen LogP contribution in [0.3, 0.4) is 0 Å². The molecule has 0 radical (unpaired) electrons. The molecule has 0 aliphatic heterocycles. The smallest absolute Gasteiger partial charge is 0.257 e. The van der Waals surface area contributed by atoms with Gasteiger partial charge < -0.3 is 14.7 Å². The molecule has 7 heteroatoms. The van der Waals surface area contributed by atoms with Gasteiger partial charge in [0.15, 0.2) is 5.82 Å². The van der Waals surface area contributed by atoms with Gasteiger partial charge in [-0.25, -0.2) is 0 Å². The summed E-state index contributed by atoms with van der Waals surface area (Å²) in [7, 11) is 1.77. The molecule has 0 saturated heterocycles. The van der Waals surface area contributed by atoms with Crippen molar-refractivity contribution < 1.29 is 14.1 Å². The molecule has 1 aliphatic rings. The van der Waals surface area contributed by atoms with Gasteiger partial charge in [-0.15, -0.1) is 0 Å². The second-order valence-electron chi connectivity index (χ2n) is 7.32. The summed E-state index contributed by atoms with van der Waals surface area (Å²) in [6.45, 7) is 2.39. The standard InChI is InChI=1S/C21H28N4O3/c1-3-19(26)25(2)14-13-18-23-21(28-24-18)16-11-9-15(10-12-16)20(27)22-17-7-5-4-6-8-17/h9-12,17H,3-8,13-14H2,1-2H3,(H,22,27). The van der Waals surface area contributed by atoms with Gasteiger partial charge in [-0.05, 0) is 37.1 Å². The fourth-order valence-corrected chi connectivity index (χ4v) is 3.41. The lowest BCUT2D eigenvalue weighted by atomic mass is 9.95. The SMILES string of the molecule is CCC(=O)N(C)CCc1noc(-c2ccc(C(=O)NC3CCCCC3)cc2)n1. The molecule has 3 rings (SSSR count). The van der Waals surface area contributed by atoms with E-state index in [1.54, 1.807) is 24.1 Å². The number of amides is 2. The van der Waals surface area contributed by atoms with Gasteiger partial charge in [0, 0.05) is 43.6 Å². The molecule has 0 atom stereocenters. The van der Waals surface area contributed by atoms with E-state index in [9.17, 15) is 9.59 Å². The van der Waals surface area contributed by atoms with Crippen molar-refractivity contribution in [3.63, 3.8) is 0 Å². The Bertz CT molecular complexity index is 794. The lowest BCUT2D eigenvalue weighted by Crippen LogP contribution is -2.36. The van der Waals surface area contributed by atoms with Gasteiger partial charge in [0.25, 0.3) is 11.8 Å². The van der Waals surface area contributed by atoms with E-state index in [0.717, 1.165) is 18.4 Å². The van der Waals surface area contributed by atoms with Crippen LogP contribution in [-0.4, -0.2) is 46.5 Å². The Kier molecular flexibility index (Phi) is 6.79. The molecule has 150 valence electrons. The highest BCUT2D eigenvalue weighted by atomic mass is 16.5. The number of nitrogens with one attached hydrogen (secondary N) is 1. The van der Waals surface area contributed by atoms with Crippen molar-refractivity contribution in [3.05, 3.63) is 35.7 Å². The van der Waals surface area contributed by atoms with Crippen molar-refractivity contribution in [2.24, 2.45) is 0 Å². The van der Waals surface area contributed by atoms with Crippen molar-refractivity contribution in [1.82, 2.24) is 20.4 Å². The molecule has 1 heterocycles. The molecule has 0 bridgehead atoms. The molecular weight excluding hydrogens is 356 g/mol. The summed E-state index contributed by atoms with van der Waals surface area (Å²) in [5.74, 6) is 1.03. The van der Waals surface area contributed by atoms with E-state index in [4.69, 9.17) is 4.52 Å². The summed E-state index contributed by atoms with van der Waals surface area (Å²) < 4.78 is 5.33. The zero-order chi connectivity index (χ0) is 19.9. The second-order valence-corrected chi connectivity index (χ2v) is 7.32. The van der Waals surface area contributed by atoms with E-state index < -0.39 is 0 Å². The molecule has 1 aromatic carbocycles. The minimum absolute atomic E-state index is 0.0340. The van der Waals surface area contributed by atoms with Gasteiger partial charge in [-0.1, -0.05) is 31.3 Å². The molecule has 0 spiro atoms. The van der Waals surface area contributed by atoms with Crippen LogP contribution in [0.5, 0.6) is 0 Å². The minimum Gasteiger partial charge on any atom is -0.349 e. The summed E-state index contributed by atoms with van der Waals surface area (Å²) in [5, 5.41) is 7.10. The maximum atomic E-state index is 12.4. The van der Waals surface area contributed by atoms with Crippen LogP contribution in [0.25, 0.3) is 11.5 Å². The molecular formula is C21H28N4O3. The van der Waals surface area contributed by atoms with Crippen molar-refractivity contribution >= 4 is 11.8 Å². The van der Waals surface area contributed by atoms with E-state index in [1.807, 2.05) is 19.1 Å². The van der Waals surface area contributed by atoms with Crippen molar-refractivity contribution in [1.29, 1.82) is 0 Å². The highest BCUT2D eigenvalue weighted by Crippen LogP contribution is 2.20. The average molecular weight is 384 g/mol. The average Bonchev–Trinajstić information content (AvgIpc) is 3.21. The number of hydrogen-bond acceptors (Lipinski definition) is 5. The molecule has 1 fully saturated rings. The number of carbonyl (C=O) groups excluding carboxylic acids is 2. The quantitative estimate of drug-likeness (QED) is 0.792. The number of likely N-dealkylation sites (N-methyl/N-ethyl adjacent to an activating group) is 1. The monoisotopic (exact) mass is 384 g/mol. The predicted octanol–water partition coefficient (Wildman–Crippen LogP) is 3.21. The number of carbonyl (C=O) groups is 2. The fourth-order valence-electron chi connectivity index (χ4n) is 3.41. The molecule has 28 heavy (non-hydrogen) atoms. The van der Waals surface area contributed by atoms with Crippen LogP contribution >= 0.6 is 0 Å². The molecule has 1 saturated carbocycles. The number of rotatable bonds is 7. The fraction of sp³-hybridized carbons (Fsp3) is 0.524. The van der Waals surface area contributed by atoms with Crippen LogP contribution in [0.15, 0.2) is 28.8 Å². The third kappa shape index (κ3) is 5.18. The largest absolute Gasteiger partial charge is 0.349 e. The van der Waals surface area contributed by atoms with E-state index in [1.165, 1.54) is 19.3 Å². The summed E-state index contributed by atoms with van der Waals surface area (Å²) in [5.41, 5.74) is 1.40. The first-order valence-corrected chi connectivity index (χ1v) is 10.0. The zero-order valence-corrected chi connectivity index (χ0v) is 16.6. The third-order valence-electron chi connectivity index (χ3n) is 5.20. The minimum atomic E-state index is -0.0340. The molecule has 7 nitrogen and oxygen atoms in total. The molecule has 0 unspecified atom stereocenters. The van der Waals surface area contributed by atoms with Crippen LogP contribution in [0, 0.1) is 0 Å². The Balaban J connectivity index is 1.56. The summed E-state index contributed by atoms with van der Waals surface area (Å²) >= 11 is 0. The predicted molar refractivity (Wildman–Crippen MR) is 106 cm³/mol. The maximum absolute atomic E-state index is 12.4. The van der Waals surface area contributed by atoms with Crippen LogP contribution < -0.4 is 5.32 Å². The van der Waals surface area contributed by atoms with Gasteiger partial charge in [0.1, 0.15) is 0 Å². The van der Waals surface area contributed by atoms with Gasteiger partial charge in [-0.2, -0.15) is 4.98 Å². The lowest BCUT2D eigenvalue weighted by Gasteiger charge is -2.22. The van der Waals surface area contributed by atoms with Crippen molar-refractivity contribution in [3.8, 4) is 11.5 Å². The van der Waals surface area contributed by atoms with Gasteiger partial charge in [0.05, 0.1) is 0 Å².